The van der Waals surface area contributed by atoms with Crippen LogP contribution in [0.3, 0.4) is 0 Å². The molecule has 164 valence electrons. The van der Waals surface area contributed by atoms with E-state index >= 15 is 0 Å². The SMILES string of the molecule is C=CC(=O)OCCCCc1ccc(-c2cc(CC)cc(-c3ccc(C(=C)C)cc3)c2)cc1. The van der Waals surface area contributed by atoms with Crippen molar-refractivity contribution in [2.45, 2.75) is 39.5 Å². The number of esters is 1. The quantitative estimate of drug-likeness (QED) is 0.190. The molecule has 32 heavy (non-hydrogen) atoms. The van der Waals surface area contributed by atoms with Crippen LogP contribution in [0.5, 0.6) is 0 Å². The molecule has 2 heteroatoms. The Balaban J connectivity index is 1.71. The molecule has 0 saturated heterocycles. The monoisotopic (exact) mass is 424 g/mol. The smallest absolute Gasteiger partial charge is 0.330 e. The van der Waals surface area contributed by atoms with E-state index < -0.39 is 0 Å². The molecule has 3 aromatic rings. The van der Waals surface area contributed by atoms with Crippen molar-refractivity contribution in [3.05, 3.63) is 103 Å². The van der Waals surface area contributed by atoms with E-state index in [1.807, 2.05) is 6.92 Å². The number of benzene rings is 3. The van der Waals surface area contributed by atoms with Crippen LogP contribution in [-0.2, 0) is 22.4 Å². The van der Waals surface area contributed by atoms with Crippen LogP contribution in [-0.4, -0.2) is 12.6 Å². The fraction of sp³-hybridized carbons (Fsp3) is 0.233. The van der Waals surface area contributed by atoms with Gasteiger partial charge in [0.2, 0.25) is 0 Å². The van der Waals surface area contributed by atoms with Crippen molar-refractivity contribution >= 4 is 11.5 Å². The predicted octanol–water partition coefficient (Wildman–Crippen LogP) is 7.67. The minimum absolute atomic E-state index is 0.352. The van der Waals surface area contributed by atoms with Gasteiger partial charge in [-0.1, -0.05) is 86.3 Å². The Hall–Kier alpha value is -3.39. The van der Waals surface area contributed by atoms with E-state index in [0.29, 0.717) is 6.61 Å². The summed E-state index contributed by atoms with van der Waals surface area (Å²) in [7, 11) is 0. The van der Waals surface area contributed by atoms with Crippen LogP contribution in [0.1, 0.15) is 43.4 Å². The Morgan fingerprint density at radius 3 is 1.97 bits per heavy atom. The molecule has 0 fully saturated rings. The lowest BCUT2D eigenvalue weighted by atomic mass is 9.94. The van der Waals surface area contributed by atoms with Crippen molar-refractivity contribution in [3.63, 3.8) is 0 Å². The highest BCUT2D eigenvalue weighted by Crippen LogP contribution is 2.30. The van der Waals surface area contributed by atoms with Gasteiger partial charge in [0.15, 0.2) is 0 Å². The van der Waals surface area contributed by atoms with Crippen molar-refractivity contribution in [1.29, 1.82) is 0 Å². The summed E-state index contributed by atoms with van der Waals surface area (Å²) in [6.07, 6.45) is 5.02. The summed E-state index contributed by atoms with van der Waals surface area (Å²) in [5.74, 6) is -0.352. The first-order valence-corrected chi connectivity index (χ1v) is 11.3. The molecule has 0 saturated carbocycles. The van der Waals surface area contributed by atoms with E-state index in [-0.39, 0.29) is 5.97 Å². The van der Waals surface area contributed by atoms with Crippen LogP contribution in [0.15, 0.2) is 86.0 Å². The van der Waals surface area contributed by atoms with Crippen molar-refractivity contribution in [1.82, 2.24) is 0 Å². The number of allylic oxidation sites excluding steroid dienone is 1. The molecule has 0 heterocycles. The summed E-state index contributed by atoms with van der Waals surface area (Å²) >= 11 is 0. The van der Waals surface area contributed by atoms with Gasteiger partial charge in [-0.2, -0.15) is 0 Å². The third kappa shape index (κ3) is 6.31. The van der Waals surface area contributed by atoms with Crippen molar-refractivity contribution < 1.29 is 9.53 Å². The number of hydrogen-bond donors (Lipinski definition) is 0. The van der Waals surface area contributed by atoms with E-state index in [1.165, 1.54) is 45.0 Å². The molecule has 0 aliphatic rings. The van der Waals surface area contributed by atoms with Crippen LogP contribution >= 0.6 is 0 Å². The van der Waals surface area contributed by atoms with E-state index in [9.17, 15) is 4.79 Å². The zero-order valence-electron chi connectivity index (χ0n) is 19.2. The molecule has 3 rings (SSSR count). The highest BCUT2D eigenvalue weighted by Gasteiger charge is 2.06. The zero-order chi connectivity index (χ0) is 22.9. The summed E-state index contributed by atoms with van der Waals surface area (Å²) in [5, 5.41) is 0. The van der Waals surface area contributed by atoms with Gasteiger partial charge in [-0.15, -0.1) is 0 Å². The number of aryl methyl sites for hydroxylation is 2. The molecule has 2 nitrogen and oxygen atoms in total. The second kappa shape index (κ2) is 11.3. The van der Waals surface area contributed by atoms with Gasteiger partial charge in [0.1, 0.15) is 0 Å². The summed E-state index contributed by atoms with van der Waals surface area (Å²) in [6.45, 7) is 12.1. The molecular weight excluding hydrogens is 392 g/mol. The third-order valence-corrected chi connectivity index (χ3v) is 5.67. The number of hydrogen-bond acceptors (Lipinski definition) is 2. The number of unbranched alkanes of at least 4 members (excludes halogenated alkanes) is 1. The average molecular weight is 425 g/mol. The van der Waals surface area contributed by atoms with E-state index in [0.717, 1.165) is 31.3 Å². The van der Waals surface area contributed by atoms with E-state index in [4.69, 9.17) is 4.74 Å². The molecule has 0 amide bonds. The molecule has 0 aliphatic carbocycles. The topological polar surface area (TPSA) is 26.3 Å². The van der Waals surface area contributed by atoms with Gasteiger partial charge < -0.3 is 4.74 Å². The van der Waals surface area contributed by atoms with Crippen LogP contribution < -0.4 is 0 Å². The highest BCUT2D eigenvalue weighted by atomic mass is 16.5. The standard InChI is InChI=1S/C30H32O2/c1-5-23-19-28(21-29(20-23)27-16-14-25(15-17-27)22(3)4)26-12-10-24(11-13-26)9-7-8-18-32-30(31)6-2/h6,10-17,19-21H,2-3,5,7-9,18H2,1,4H3. The maximum Gasteiger partial charge on any atom is 0.330 e. The minimum Gasteiger partial charge on any atom is -0.463 e. The minimum atomic E-state index is -0.352. The lowest BCUT2D eigenvalue weighted by Gasteiger charge is -2.11. The first-order valence-electron chi connectivity index (χ1n) is 11.3. The Bertz CT molecular complexity index is 1070. The maximum absolute atomic E-state index is 11.1. The van der Waals surface area contributed by atoms with E-state index in [2.05, 4.69) is 86.8 Å². The fourth-order valence-electron chi connectivity index (χ4n) is 3.70. The van der Waals surface area contributed by atoms with Gasteiger partial charge in [-0.3, -0.25) is 0 Å². The molecular formula is C30H32O2. The van der Waals surface area contributed by atoms with Gasteiger partial charge in [0.05, 0.1) is 6.61 Å². The molecule has 0 aromatic heterocycles. The van der Waals surface area contributed by atoms with Gasteiger partial charge in [-0.05, 0) is 77.6 Å². The molecule has 0 bridgehead atoms. The van der Waals surface area contributed by atoms with Crippen LogP contribution in [0.2, 0.25) is 0 Å². The number of carbonyl (C=O) groups is 1. The molecule has 0 N–H and O–H groups in total. The second-order valence-electron chi connectivity index (χ2n) is 8.16. The van der Waals surface area contributed by atoms with Crippen molar-refractivity contribution in [2.24, 2.45) is 0 Å². The number of rotatable bonds is 10. The summed E-state index contributed by atoms with van der Waals surface area (Å²) in [4.78, 5) is 11.1. The molecule has 3 aromatic carbocycles. The summed E-state index contributed by atoms with van der Waals surface area (Å²) in [6, 6.07) is 24.3. The third-order valence-electron chi connectivity index (χ3n) is 5.67. The average Bonchev–Trinajstić information content (AvgIpc) is 2.83. The molecule has 0 spiro atoms. The lowest BCUT2D eigenvalue weighted by Crippen LogP contribution is -2.02. The van der Waals surface area contributed by atoms with Gasteiger partial charge in [0.25, 0.3) is 0 Å². The Morgan fingerprint density at radius 2 is 1.44 bits per heavy atom. The summed E-state index contributed by atoms with van der Waals surface area (Å²) < 4.78 is 5.03. The first kappa shape index (κ1) is 23.3. The lowest BCUT2D eigenvalue weighted by molar-refractivity contribution is -0.137. The van der Waals surface area contributed by atoms with E-state index in [1.54, 1.807) is 0 Å². The Kier molecular flexibility index (Phi) is 8.21. The molecule has 0 unspecified atom stereocenters. The Morgan fingerprint density at radius 1 is 0.844 bits per heavy atom. The van der Waals surface area contributed by atoms with Crippen LogP contribution in [0.4, 0.5) is 0 Å². The van der Waals surface area contributed by atoms with Crippen LogP contribution in [0.25, 0.3) is 27.8 Å². The largest absolute Gasteiger partial charge is 0.463 e. The van der Waals surface area contributed by atoms with Gasteiger partial charge >= 0.3 is 5.97 Å². The van der Waals surface area contributed by atoms with Gasteiger partial charge in [0, 0.05) is 6.08 Å². The maximum atomic E-state index is 11.1. The highest BCUT2D eigenvalue weighted by molar-refractivity contribution is 5.81. The summed E-state index contributed by atoms with van der Waals surface area (Å²) in [5.41, 5.74) is 9.82. The molecule has 0 radical (unpaired) electrons. The number of carbonyl (C=O) groups excluding carboxylic acids is 1. The normalized spacial score (nSPS) is 10.6. The van der Waals surface area contributed by atoms with Crippen molar-refractivity contribution in [3.8, 4) is 22.3 Å². The van der Waals surface area contributed by atoms with Gasteiger partial charge in [-0.25, -0.2) is 4.79 Å². The zero-order valence-corrected chi connectivity index (χ0v) is 19.2. The second-order valence-corrected chi connectivity index (χ2v) is 8.16. The first-order chi connectivity index (χ1) is 15.5. The Labute approximate surface area is 192 Å². The van der Waals surface area contributed by atoms with Crippen LogP contribution in [0, 0.1) is 0 Å². The molecule has 0 aliphatic heterocycles. The molecule has 0 atom stereocenters. The fourth-order valence-corrected chi connectivity index (χ4v) is 3.70. The predicted molar refractivity (Wildman–Crippen MR) is 135 cm³/mol. The van der Waals surface area contributed by atoms with Crippen molar-refractivity contribution in [2.75, 3.05) is 6.61 Å². The number of ether oxygens (including phenoxy) is 1.